The number of amides is 1. The lowest BCUT2D eigenvalue weighted by atomic mass is 10.2. The Morgan fingerprint density at radius 1 is 1.28 bits per heavy atom. The molecule has 3 rings (SSSR count). The van der Waals surface area contributed by atoms with Crippen molar-refractivity contribution in [1.29, 1.82) is 0 Å². The van der Waals surface area contributed by atoms with Crippen LogP contribution in [0.4, 0.5) is 11.5 Å². The van der Waals surface area contributed by atoms with E-state index in [2.05, 4.69) is 10.4 Å². The second kappa shape index (κ2) is 6.55. The fraction of sp³-hybridized carbons (Fsp3) is 0.267. The van der Waals surface area contributed by atoms with E-state index in [-0.39, 0.29) is 23.7 Å². The third-order valence-corrected chi connectivity index (χ3v) is 5.54. The summed E-state index contributed by atoms with van der Waals surface area (Å²) < 4.78 is 26.5. The van der Waals surface area contributed by atoms with Crippen molar-refractivity contribution in [2.24, 2.45) is 0 Å². The van der Waals surface area contributed by atoms with Gasteiger partial charge in [0.05, 0.1) is 11.4 Å². The van der Waals surface area contributed by atoms with Crippen LogP contribution in [-0.2, 0) is 21.4 Å². The zero-order chi connectivity index (χ0) is 18.0. The minimum atomic E-state index is -3.32. The van der Waals surface area contributed by atoms with Crippen molar-refractivity contribution in [3.05, 3.63) is 42.1 Å². The lowest BCUT2D eigenvalue weighted by Gasteiger charge is -2.17. The van der Waals surface area contributed by atoms with Crippen LogP contribution in [0.2, 0.25) is 0 Å². The highest BCUT2D eigenvalue weighted by Crippen LogP contribution is 2.25. The molecule has 0 atom stereocenters. The van der Waals surface area contributed by atoms with Gasteiger partial charge < -0.3 is 10.4 Å². The number of benzene rings is 1. The van der Waals surface area contributed by atoms with Gasteiger partial charge in [0.1, 0.15) is 6.54 Å². The van der Waals surface area contributed by atoms with Crippen LogP contribution in [0.25, 0.3) is 0 Å². The summed E-state index contributed by atoms with van der Waals surface area (Å²) in [6.45, 7) is 0.0885. The average molecular weight is 364 g/mol. The van der Waals surface area contributed by atoms with E-state index in [0.717, 1.165) is 0 Å². The molecule has 2 aromatic rings. The molecule has 1 aromatic heterocycles. The van der Waals surface area contributed by atoms with Crippen LogP contribution in [0.15, 0.2) is 36.5 Å². The Bertz CT molecular complexity index is 922. The van der Waals surface area contributed by atoms with E-state index in [1.807, 2.05) is 0 Å². The molecule has 0 radical (unpaired) electrons. The van der Waals surface area contributed by atoms with E-state index in [0.29, 0.717) is 18.7 Å². The number of carbonyl (C=O) groups excluding carboxylic acids is 1. The summed E-state index contributed by atoms with van der Waals surface area (Å²) in [5, 5.41) is 15.2. The molecule has 0 spiro atoms. The molecule has 25 heavy (non-hydrogen) atoms. The van der Waals surface area contributed by atoms with Crippen molar-refractivity contribution in [3.8, 4) is 0 Å². The Labute approximate surface area is 143 Å². The summed E-state index contributed by atoms with van der Waals surface area (Å²) >= 11 is 0. The predicted molar refractivity (Wildman–Crippen MR) is 90.0 cm³/mol. The number of hydrogen-bond acceptors (Lipinski definition) is 5. The summed E-state index contributed by atoms with van der Waals surface area (Å²) in [7, 11) is -3.32. The Hall–Kier alpha value is -2.88. The Balaban J connectivity index is 1.75. The smallest absolute Gasteiger partial charge is 0.325 e. The summed E-state index contributed by atoms with van der Waals surface area (Å²) in [5.74, 6) is -1.19. The van der Waals surface area contributed by atoms with Crippen molar-refractivity contribution in [3.63, 3.8) is 0 Å². The Kier molecular flexibility index (Phi) is 4.45. The number of nitrogens with zero attached hydrogens (tertiary/aromatic N) is 3. The minimum Gasteiger partial charge on any atom is -0.480 e. The first kappa shape index (κ1) is 17.0. The lowest BCUT2D eigenvalue weighted by molar-refractivity contribution is -0.137. The third-order valence-electron chi connectivity index (χ3n) is 3.68. The van der Waals surface area contributed by atoms with Crippen molar-refractivity contribution in [2.45, 2.75) is 13.0 Å². The highest BCUT2D eigenvalue weighted by atomic mass is 32.2. The van der Waals surface area contributed by atoms with Crippen LogP contribution in [-0.4, -0.2) is 47.5 Å². The molecular weight excluding hydrogens is 348 g/mol. The average Bonchev–Trinajstić information content (AvgIpc) is 3.12. The van der Waals surface area contributed by atoms with Gasteiger partial charge in [-0.3, -0.25) is 18.6 Å². The second-order valence-electron chi connectivity index (χ2n) is 5.54. The largest absolute Gasteiger partial charge is 0.480 e. The van der Waals surface area contributed by atoms with Gasteiger partial charge in [-0.1, -0.05) is 6.07 Å². The van der Waals surface area contributed by atoms with Crippen LogP contribution >= 0.6 is 0 Å². The molecule has 2 N–H and O–H groups in total. The van der Waals surface area contributed by atoms with Gasteiger partial charge in [-0.05, 0) is 24.6 Å². The first-order valence-electron chi connectivity index (χ1n) is 7.52. The molecule has 1 saturated heterocycles. The zero-order valence-corrected chi connectivity index (χ0v) is 13.9. The molecule has 0 unspecified atom stereocenters. The highest BCUT2D eigenvalue weighted by molar-refractivity contribution is 7.93. The van der Waals surface area contributed by atoms with Gasteiger partial charge in [0.2, 0.25) is 10.0 Å². The summed E-state index contributed by atoms with van der Waals surface area (Å²) in [4.78, 5) is 23.0. The maximum absolute atomic E-state index is 12.3. The third kappa shape index (κ3) is 3.79. The van der Waals surface area contributed by atoms with E-state index in [4.69, 9.17) is 5.11 Å². The maximum atomic E-state index is 12.3. The number of rotatable bonds is 5. The predicted octanol–water partition coefficient (Wildman–Crippen LogP) is 0.760. The molecule has 0 aliphatic carbocycles. The summed E-state index contributed by atoms with van der Waals surface area (Å²) in [6, 6.07) is 7.81. The van der Waals surface area contributed by atoms with E-state index in [9.17, 15) is 18.0 Å². The van der Waals surface area contributed by atoms with Crippen molar-refractivity contribution >= 4 is 33.4 Å². The monoisotopic (exact) mass is 364 g/mol. The standard InChI is InChI=1S/C15H16N4O5S/c20-14(21)10-18-7-5-13(17-18)16-15(22)11-3-1-4-12(9-11)19-6-2-8-25(19,23)24/h1,3-5,7,9H,2,6,8,10H2,(H,20,21)(H,16,17,22). The number of anilines is 2. The molecule has 1 aliphatic heterocycles. The van der Waals surface area contributed by atoms with Gasteiger partial charge in [-0.25, -0.2) is 8.42 Å². The van der Waals surface area contributed by atoms with E-state index in [1.165, 1.54) is 27.3 Å². The first-order valence-corrected chi connectivity index (χ1v) is 9.13. The molecule has 10 heteroatoms. The summed E-state index contributed by atoms with van der Waals surface area (Å²) in [5.41, 5.74) is 0.731. The van der Waals surface area contributed by atoms with Crippen LogP contribution in [0.3, 0.4) is 0 Å². The van der Waals surface area contributed by atoms with Gasteiger partial charge in [0.15, 0.2) is 5.82 Å². The number of nitrogens with one attached hydrogen (secondary N) is 1. The fourth-order valence-electron chi connectivity index (χ4n) is 2.58. The van der Waals surface area contributed by atoms with E-state index < -0.39 is 21.9 Å². The van der Waals surface area contributed by atoms with Crippen LogP contribution < -0.4 is 9.62 Å². The normalized spacial score (nSPS) is 15.9. The van der Waals surface area contributed by atoms with E-state index in [1.54, 1.807) is 18.2 Å². The first-order chi connectivity index (χ1) is 11.8. The number of carbonyl (C=O) groups is 2. The lowest BCUT2D eigenvalue weighted by Crippen LogP contribution is -2.25. The molecule has 1 amide bonds. The van der Waals surface area contributed by atoms with Gasteiger partial charge >= 0.3 is 5.97 Å². The number of carboxylic acids is 1. The van der Waals surface area contributed by atoms with Gasteiger partial charge in [-0.2, -0.15) is 5.10 Å². The molecule has 132 valence electrons. The SMILES string of the molecule is O=C(O)Cn1ccc(NC(=O)c2cccc(N3CCCS3(=O)=O)c2)n1. The van der Waals surface area contributed by atoms with Gasteiger partial charge in [0, 0.05) is 24.4 Å². The zero-order valence-electron chi connectivity index (χ0n) is 13.1. The molecule has 2 heterocycles. The quantitative estimate of drug-likeness (QED) is 0.808. The topological polar surface area (TPSA) is 122 Å². The number of carboxylic acid groups (broad SMARTS) is 1. The number of hydrogen-bond donors (Lipinski definition) is 2. The van der Waals surface area contributed by atoms with Crippen LogP contribution in [0.5, 0.6) is 0 Å². The highest BCUT2D eigenvalue weighted by Gasteiger charge is 2.28. The Morgan fingerprint density at radius 3 is 2.76 bits per heavy atom. The van der Waals surface area contributed by atoms with Gasteiger partial charge in [-0.15, -0.1) is 0 Å². The summed E-state index contributed by atoms with van der Waals surface area (Å²) in [6.07, 6.45) is 2.00. The molecule has 0 bridgehead atoms. The van der Waals surface area contributed by atoms with Gasteiger partial charge in [0.25, 0.3) is 5.91 Å². The molecule has 1 aliphatic rings. The van der Waals surface area contributed by atoms with Crippen molar-refractivity contribution in [2.75, 3.05) is 21.9 Å². The second-order valence-corrected chi connectivity index (χ2v) is 7.55. The fourth-order valence-corrected chi connectivity index (χ4v) is 4.13. The minimum absolute atomic E-state index is 0.102. The van der Waals surface area contributed by atoms with Crippen LogP contribution in [0.1, 0.15) is 16.8 Å². The molecule has 1 fully saturated rings. The van der Waals surface area contributed by atoms with E-state index >= 15 is 0 Å². The number of aliphatic carboxylic acids is 1. The number of sulfonamides is 1. The van der Waals surface area contributed by atoms with Crippen molar-refractivity contribution in [1.82, 2.24) is 9.78 Å². The molecule has 9 nitrogen and oxygen atoms in total. The molecule has 0 saturated carbocycles. The maximum Gasteiger partial charge on any atom is 0.325 e. The Morgan fingerprint density at radius 2 is 2.08 bits per heavy atom. The molecular formula is C15H16N4O5S. The number of aromatic nitrogens is 2. The van der Waals surface area contributed by atoms with Crippen LogP contribution in [0, 0.1) is 0 Å². The molecule has 1 aromatic carbocycles. The van der Waals surface area contributed by atoms with Crippen molar-refractivity contribution < 1.29 is 23.1 Å².